The average Bonchev–Trinajstić information content (AvgIpc) is 2.39. The molecule has 0 aromatic carbocycles. The second-order valence-electron chi connectivity index (χ2n) is 5.57. The van der Waals surface area contributed by atoms with Gasteiger partial charge in [0.05, 0.1) is 5.60 Å². The maximum atomic E-state index is 10.4. The van der Waals surface area contributed by atoms with Gasteiger partial charge in [-0.25, -0.2) is 9.97 Å². The van der Waals surface area contributed by atoms with Crippen molar-refractivity contribution in [1.82, 2.24) is 9.97 Å². The largest absolute Gasteiger partial charge is 0.388 e. The minimum atomic E-state index is -0.571. The Morgan fingerprint density at radius 2 is 2.06 bits per heavy atom. The van der Waals surface area contributed by atoms with Crippen molar-refractivity contribution in [2.75, 3.05) is 18.0 Å². The van der Waals surface area contributed by atoms with E-state index in [9.17, 15) is 5.11 Å². The molecule has 0 saturated carbocycles. The van der Waals surface area contributed by atoms with Crippen LogP contribution in [-0.4, -0.2) is 33.8 Å². The van der Waals surface area contributed by atoms with Crippen molar-refractivity contribution >= 4 is 5.95 Å². The molecule has 1 N–H and O–H groups in total. The summed E-state index contributed by atoms with van der Waals surface area (Å²) in [6, 6.07) is 0. The van der Waals surface area contributed by atoms with Gasteiger partial charge in [-0.05, 0) is 30.7 Å². The number of aliphatic hydroxyl groups is 1. The highest BCUT2D eigenvalue weighted by Gasteiger charge is 2.32. The molecule has 4 heteroatoms. The number of nitrogens with zero attached hydrogens (tertiary/aromatic N) is 3. The minimum Gasteiger partial charge on any atom is -0.388 e. The number of rotatable bonds is 3. The van der Waals surface area contributed by atoms with Gasteiger partial charge in [-0.1, -0.05) is 20.8 Å². The zero-order valence-corrected chi connectivity index (χ0v) is 11.6. The van der Waals surface area contributed by atoms with Gasteiger partial charge >= 0.3 is 0 Å². The molecule has 2 heterocycles. The maximum absolute atomic E-state index is 10.4. The van der Waals surface area contributed by atoms with Crippen LogP contribution in [0.15, 0.2) is 12.4 Å². The zero-order valence-electron chi connectivity index (χ0n) is 11.6. The molecule has 1 atom stereocenters. The second kappa shape index (κ2) is 5.22. The van der Waals surface area contributed by atoms with Crippen LogP contribution in [0.25, 0.3) is 0 Å². The maximum Gasteiger partial charge on any atom is 0.225 e. The van der Waals surface area contributed by atoms with Crippen LogP contribution in [0.5, 0.6) is 0 Å². The normalized spacial score (nSPS) is 24.6. The van der Waals surface area contributed by atoms with E-state index in [4.69, 9.17) is 0 Å². The Labute approximate surface area is 109 Å². The number of anilines is 1. The fraction of sp³-hybridized carbons (Fsp3) is 0.714. The molecule has 0 aliphatic carbocycles. The van der Waals surface area contributed by atoms with Crippen LogP contribution in [0.1, 0.15) is 51.5 Å². The summed E-state index contributed by atoms with van der Waals surface area (Å²) in [6.45, 7) is 7.88. The van der Waals surface area contributed by atoms with Crippen molar-refractivity contribution in [1.29, 1.82) is 0 Å². The van der Waals surface area contributed by atoms with Gasteiger partial charge in [0.15, 0.2) is 0 Å². The quantitative estimate of drug-likeness (QED) is 0.893. The molecular formula is C14H23N3O. The lowest BCUT2D eigenvalue weighted by Crippen LogP contribution is -2.48. The molecule has 1 fully saturated rings. The van der Waals surface area contributed by atoms with Crippen molar-refractivity contribution in [3.63, 3.8) is 0 Å². The molecule has 1 aromatic heterocycles. The molecule has 2 rings (SSSR count). The smallest absolute Gasteiger partial charge is 0.225 e. The SMILES string of the molecule is CCC1(O)CCCN(c2ncc(C(C)C)cn2)C1. The van der Waals surface area contributed by atoms with Crippen molar-refractivity contribution < 1.29 is 5.11 Å². The van der Waals surface area contributed by atoms with Crippen molar-refractivity contribution in [2.45, 2.75) is 51.6 Å². The van der Waals surface area contributed by atoms with E-state index >= 15 is 0 Å². The number of piperidine rings is 1. The first-order valence-electron chi connectivity index (χ1n) is 6.83. The summed E-state index contributed by atoms with van der Waals surface area (Å²) in [4.78, 5) is 10.9. The van der Waals surface area contributed by atoms with Crippen LogP contribution >= 0.6 is 0 Å². The van der Waals surface area contributed by atoms with Crippen LogP contribution < -0.4 is 4.90 Å². The molecule has 100 valence electrons. The lowest BCUT2D eigenvalue weighted by atomic mass is 9.90. The van der Waals surface area contributed by atoms with Crippen LogP contribution in [-0.2, 0) is 0 Å². The van der Waals surface area contributed by atoms with Gasteiger partial charge in [-0.15, -0.1) is 0 Å². The third-order valence-corrected chi connectivity index (χ3v) is 3.82. The van der Waals surface area contributed by atoms with Gasteiger partial charge < -0.3 is 10.0 Å². The Hall–Kier alpha value is -1.16. The van der Waals surface area contributed by atoms with Crippen molar-refractivity contribution in [3.05, 3.63) is 18.0 Å². The fourth-order valence-electron chi connectivity index (χ4n) is 2.36. The molecular weight excluding hydrogens is 226 g/mol. The molecule has 0 amide bonds. The molecule has 1 saturated heterocycles. The van der Waals surface area contributed by atoms with E-state index in [1.165, 1.54) is 0 Å². The van der Waals surface area contributed by atoms with Gasteiger partial charge in [-0.2, -0.15) is 0 Å². The third kappa shape index (κ3) is 2.80. The number of hydrogen-bond donors (Lipinski definition) is 1. The number of β-amino-alcohol motifs (C(OH)–C–C–N with tert-alkyl or cyclic N) is 1. The molecule has 0 spiro atoms. The summed E-state index contributed by atoms with van der Waals surface area (Å²) >= 11 is 0. The first kappa shape index (κ1) is 13.3. The Morgan fingerprint density at radius 3 is 2.61 bits per heavy atom. The monoisotopic (exact) mass is 249 g/mol. The first-order chi connectivity index (χ1) is 8.54. The van der Waals surface area contributed by atoms with E-state index in [1.807, 2.05) is 19.3 Å². The topological polar surface area (TPSA) is 49.2 Å². The van der Waals surface area contributed by atoms with E-state index in [-0.39, 0.29) is 0 Å². The number of hydrogen-bond acceptors (Lipinski definition) is 4. The van der Waals surface area contributed by atoms with Crippen LogP contribution in [0.2, 0.25) is 0 Å². The molecule has 4 nitrogen and oxygen atoms in total. The van der Waals surface area contributed by atoms with Gasteiger partial charge in [0, 0.05) is 25.5 Å². The van der Waals surface area contributed by atoms with Gasteiger partial charge in [0.2, 0.25) is 5.95 Å². The van der Waals surface area contributed by atoms with Gasteiger partial charge in [0.1, 0.15) is 0 Å². The summed E-state index contributed by atoms with van der Waals surface area (Å²) < 4.78 is 0. The van der Waals surface area contributed by atoms with Crippen LogP contribution in [0.3, 0.4) is 0 Å². The van der Waals surface area contributed by atoms with Crippen LogP contribution in [0, 0.1) is 0 Å². The predicted molar refractivity (Wildman–Crippen MR) is 72.8 cm³/mol. The van der Waals surface area contributed by atoms with E-state index in [1.54, 1.807) is 0 Å². The lowest BCUT2D eigenvalue weighted by Gasteiger charge is -2.38. The van der Waals surface area contributed by atoms with Gasteiger partial charge in [0.25, 0.3) is 0 Å². The van der Waals surface area contributed by atoms with Crippen molar-refractivity contribution in [2.24, 2.45) is 0 Å². The van der Waals surface area contributed by atoms with E-state index < -0.39 is 5.60 Å². The standard InChI is InChI=1S/C14H23N3O/c1-4-14(18)6-5-7-17(10-14)13-15-8-12(9-16-13)11(2)3/h8-9,11,18H,4-7,10H2,1-3H3. The fourth-order valence-corrected chi connectivity index (χ4v) is 2.36. The summed E-state index contributed by atoms with van der Waals surface area (Å²) in [5.74, 6) is 1.19. The van der Waals surface area contributed by atoms with Gasteiger partial charge in [-0.3, -0.25) is 0 Å². The van der Waals surface area contributed by atoms with E-state index in [0.717, 1.165) is 37.3 Å². The van der Waals surface area contributed by atoms with E-state index in [0.29, 0.717) is 12.5 Å². The first-order valence-corrected chi connectivity index (χ1v) is 6.83. The molecule has 1 aromatic rings. The second-order valence-corrected chi connectivity index (χ2v) is 5.57. The third-order valence-electron chi connectivity index (χ3n) is 3.82. The molecule has 0 radical (unpaired) electrons. The lowest BCUT2D eigenvalue weighted by molar-refractivity contribution is 0.0219. The molecule has 1 unspecified atom stereocenters. The Bertz CT molecular complexity index is 391. The summed E-state index contributed by atoms with van der Waals surface area (Å²) in [5, 5.41) is 10.4. The highest BCUT2D eigenvalue weighted by atomic mass is 16.3. The molecule has 1 aliphatic heterocycles. The van der Waals surface area contributed by atoms with Crippen LogP contribution in [0.4, 0.5) is 5.95 Å². The zero-order chi connectivity index (χ0) is 13.2. The predicted octanol–water partition coefficient (Wildman–Crippen LogP) is 2.34. The van der Waals surface area contributed by atoms with Crippen molar-refractivity contribution in [3.8, 4) is 0 Å². The highest BCUT2D eigenvalue weighted by Crippen LogP contribution is 2.26. The minimum absolute atomic E-state index is 0.452. The summed E-state index contributed by atoms with van der Waals surface area (Å²) in [5.41, 5.74) is 0.583. The Morgan fingerprint density at radius 1 is 1.39 bits per heavy atom. The highest BCUT2D eigenvalue weighted by molar-refractivity contribution is 5.32. The Kier molecular flexibility index (Phi) is 3.85. The number of aromatic nitrogens is 2. The molecule has 1 aliphatic rings. The molecule has 0 bridgehead atoms. The molecule has 18 heavy (non-hydrogen) atoms. The summed E-state index contributed by atoms with van der Waals surface area (Å²) in [7, 11) is 0. The van der Waals surface area contributed by atoms with E-state index in [2.05, 4.69) is 28.7 Å². The average molecular weight is 249 g/mol. The summed E-state index contributed by atoms with van der Waals surface area (Å²) in [6.07, 6.45) is 6.45. The Balaban J connectivity index is 2.11.